The Morgan fingerprint density at radius 3 is 2.49 bits per heavy atom. The molecule has 0 fully saturated rings. The van der Waals surface area contributed by atoms with Crippen LogP contribution in [0.1, 0.15) is 57.4 Å². The first-order valence-electron chi connectivity index (χ1n) is 12.0. The highest BCUT2D eigenvalue weighted by atomic mass is 19.1. The van der Waals surface area contributed by atoms with Crippen LogP contribution in [0, 0.1) is 11.6 Å². The van der Waals surface area contributed by atoms with Crippen molar-refractivity contribution in [1.82, 2.24) is 20.4 Å². The van der Waals surface area contributed by atoms with Crippen LogP contribution in [-0.4, -0.2) is 51.2 Å². The summed E-state index contributed by atoms with van der Waals surface area (Å²) in [7, 11) is 0. The number of nitrogens with one attached hydrogen (secondary N) is 1. The molecule has 0 unspecified atom stereocenters. The number of fused-ring (bicyclic) bond motifs is 1. The predicted octanol–water partition coefficient (Wildman–Crippen LogP) is 4.13. The van der Waals surface area contributed by atoms with Gasteiger partial charge in [0.05, 0.1) is 11.8 Å². The number of amides is 1. The van der Waals surface area contributed by atoms with E-state index in [1.54, 1.807) is 38.2 Å². The summed E-state index contributed by atoms with van der Waals surface area (Å²) in [5.41, 5.74) is 2.28. The summed E-state index contributed by atoms with van der Waals surface area (Å²) < 4.78 is 33.5. The first-order valence-corrected chi connectivity index (χ1v) is 12.0. The van der Waals surface area contributed by atoms with Crippen molar-refractivity contribution in [2.75, 3.05) is 6.67 Å². The number of hydrazine groups is 2. The Hall–Kier alpha value is -3.70. The maximum Gasteiger partial charge on any atom is 0.408 e. The van der Waals surface area contributed by atoms with Gasteiger partial charge in [-0.3, -0.25) is 4.98 Å². The number of aromatic nitrogens is 1. The Morgan fingerprint density at radius 1 is 1.19 bits per heavy atom. The molecule has 1 atom stereocenters. The third-order valence-corrected chi connectivity index (χ3v) is 5.66. The highest BCUT2D eigenvalue weighted by molar-refractivity contribution is 6.30. The lowest BCUT2D eigenvalue weighted by atomic mass is 9.92. The molecule has 0 saturated heterocycles. The molecule has 11 heteroatoms. The van der Waals surface area contributed by atoms with Crippen molar-refractivity contribution in [3.05, 3.63) is 71.2 Å². The third-order valence-electron chi connectivity index (χ3n) is 5.66. The summed E-state index contributed by atoms with van der Waals surface area (Å²) in [5, 5.41) is 5.83. The second kappa shape index (κ2) is 10.3. The largest absolute Gasteiger partial charge is 0.444 e. The molecule has 2 aliphatic rings. The van der Waals surface area contributed by atoms with Crippen LogP contribution in [-0.2, 0) is 11.2 Å². The van der Waals surface area contributed by atoms with Gasteiger partial charge in [-0.05, 0) is 56.9 Å². The number of pyridine rings is 1. The Balaban J connectivity index is 1.77. The molecule has 0 aliphatic carbocycles. The minimum absolute atomic E-state index is 0.0429. The standard InChI is InChI=1S/C26H31F2N7O2/c1-15(2)21-7-6-17(12-30-21)20-13-34-24(31-14-35(34)29)33-23(20)22(32-25(36)37-26(3,4)5)10-16-8-18(27)11-19(28)9-16/h6-9,11-13,15,22H,10,14,29H2,1-5H3,(H,32,36)/t22-/m0/s1. The first-order chi connectivity index (χ1) is 17.4. The van der Waals surface area contributed by atoms with E-state index in [0.717, 1.165) is 17.3 Å². The van der Waals surface area contributed by atoms with Gasteiger partial charge in [0, 0.05) is 35.3 Å². The SMILES string of the molecule is CC(C)c1ccc(C2=CN3C(=NCN3N)N=C2[C@H](Cc2cc(F)cc(F)c2)NC(=O)OC(C)(C)C)cn1. The van der Waals surface area contributed by atoms with Crippen LogP contribution in [0.4, 0.5) is 13.6 Å². The summed E-state index contributed by atoms with van der Waals surface area (Å²) in [6, 6.07) is 6.26. The number of halogens is 2. The molecule has 9 nitrogen and oxygen atoms in total. The maximum atomic E-state index is 14.0. The topological polar surface area (TPSA) is 108 Å². The highest BCUT2D eigenvalue weighted by Gasteiger charge is 2.33. The second-order valence-electron chi connectivity index (χ2n) is 10.2. The number of nitrogens with two attached hydrogens (primary N) is 1. The van der Waals surface area contributed by atoms with Crippen molar-refractivity contribution < 1.29 is 18.3 Å². The Kier molecular flexibility index (Phi) is 7.37. The first kappa shape index (κ1) is 26.4. The van der Waals surface area contributed by atoms with Crippen molar-refractivity contribution in [3.63, 3.8) is 0 Å². The number of carbonyl (C=O) groups is 1. The molecule has 196 valence electrons. The molecule has 0 saturated carbocycles. The van der Waals surface area contributed by atoms with Crippen LogP contribution in [0.15, 0.2) is 52.7 Å². The fourth-order valence-corrected chi connectivity index (χ4v) is 3.99. The van der Waals surface area contributed by atoms with E-state index in [0.29, 0.717) is 22.8 Å². The van der Waals surface area contributed by atoms with Crippen LogP contribution >= 0.6 is 0 Å². The van der Waals surface area contributed by atoms with E-state index in [2.05, 4.69) is 15.3 Å². The van der Waals surface area contributed by atoms with Gasteiger partial charge in [-0.1, -0.05) is 19.9 Å². The lowest BCUT2D eigenvalue weighted by Gasteiger charge is -2.31. The molecule has 3 N–H and O–H groups in total. The summed E-state index contributed by atoms with van der Waals surface area (Å²) in [6.45, 7) is 9.53. The van der Waals surface area contributed by atoms with Gasteiger partial charge in [0.15, 0.2) is 0 Å². The van der Waals surface area contributed by atoms with Crippen LogP contribution in [0.5, 0.6) is 0 Å². The molecule has 1 aromatic heterocycles. The van der Waals surface area contributed by atoms with Crippen molar-refractivity contribution in [3.8, 4) is 0 Å². The van der Waals surface area contributed by atoms with Gasteiger partial charge < -0.3 is 10.1 Å². The van der Waals surface area contributed by atoms with E-state index in [4.69, 9.17) is 15.6 Å². The van der Waals surface area contributed by atoms with E-state index >= 15 is 0 Å². The zero-order valence-corrected chi connectivity index (χ0v) is 21.5. The second-order valence-corrected chi connectivity index (χ2v) is 10.2. The normalized spacial score (nSPS) is 16.7. The van der Waals surface area contributed by atoms with E-state index in [1.165, 1.54) is 17.3 Å². The lowest BCUT2D eigenvalue weighted by molar-refractivity contribution is 0.0518. The summed E-state index contributed by atoms with van der Waals surface area (Å²) >= 11 is 0. The van der Waals surface area contributed by atoms with E-state index in [9.17, 15) is 13.6 Å². The number of nitrogens with zero attached hydrogens (tertiary/aromatic N) is 5. The molecule has 1 amide bonds. The van der Waals surface area contributed by atoms with Gasteiger partial charge in [-0.2, -0.15) is 0 Å². The number of benzene rings is 1. The molecular weight excluding hydrogens is 480 g/mol. The highest BCUT2D eigenvalue weighted by Crippen LogP contribution is 2.28. The van der Waals surface area contributed by atoms with Gasteiger partial charge in [0.25, 0.3) is 0 Å². The Morgan fingerprint density at radius 2 is 1.89 bits per heavy atom. The van der Waals surface area contributed by atoms with Crippen molar-refractivity contribution in [2.24, 2.45) is 15.8 Å². The Bertz CT molecular complexity index is 1250. The molecule has 4 rings (SSSR count). The molecule has 0 radical (unpaired) electrons. The van der Waals surface area contributed by atoms with Gasteiger partial charge in [-0.25, -0.2) is 34.4 Å². The van der Waals surface area contributed by atoms with Crippen molar-refractivity contribution >= 4 is 23.3 Å². The fourth-order valence-electron chi connectivity index (χ4n) is 3.99. The number of hydrogen-bond acceptors (Lipinski definition) is 8. The third kappa shape index (κ3) is 6.36. The molecule has 2 aliphatic heterocycles. The minimum Gasteiger partial charge on any atom is -0.444 e. The van der Waals surface area contributed by atoms with Gasteiger partial charge >= 0.3 is 6.09 Å². The number of rotatable bonds is 6. The molecule has 3 heterocycles. The number of aliphatic imine (C=N–C) groups is 2. The van der Waals surface area contributed by atoms with Crippen LogP contribution in [0.25, 0.3) is 5.57 Å². The van der Waals surface area contributed by atoms with E-state index in [-0.39, 0.29) is 19.0 Å². The summed E-state index contributed by atoms with van der Waals surface area (Å²) in [4.78, 5) is 26.5. The number of carbonyl (C=O) groups excluding carboxylic acids is 1. The average Bonchev–Trinajstić information content (AvgIpc) is 3.16. The fraction of sp³-hybridized carbons (Fsp3) is 0.385. The smallest absolute Gasteiger partial charge is 0.408 e. The quantitative estimate of drug-likeness (QED) is 0.565. The average molecular weight is 512 g/mol. The van der Waals surface area contributed by atoms with E-state index < -0.39 is 29.4 Å². The van der Waals surface area contributed by atoms with Gasteiger partial charge in [0.2, 0.25) is 5.96 Å². The van der Waals surface area contributed by atoms with Crippen molar-refractivity contribution in [1.29, 1.82) is 0 Å². The van der Waals surface area contributed by atoms with Gasteiger partial charge in [-0.15, -0.1) is 5.12 Å². The zero-order valence-electron chi connectivity index (χ0n) is 21.5. The summed E-state index contributed by atoms with van der Waals surface area (Å²) in [5.74, 6) is 5.20. The molecule has 1 aromatic carbocycles. The number of guanidine groups is 1. The summed E-state index contributed by atoms with van der Waals surface area (Å²) in [6.07, 6.45) is 2.83. The maximum absolute atomic E-state index is 14.0. The molecule has 2 aromatic rings. The van der Waals surface area contributed by atoms with Crippen LogP contribution in [0.3, 0.4) is 0 Å². The molecule has 37 heavy (non-hydrogen) atoms. The Labute approximate surface area is 214 Å². The number of hydrogen-bond donors (Lipinski definition) is 2. The number of ether oxygens (including phenoxy) is 1. The van der Waals surface area contributed by atoms with Crippen molar-refractivity contribution in [2.45, 2.75) is 58.6 Å². The monoisotopic (exact) mass is 511 g/mol. The van der Waals surface area contributed by atoms with Gasteiger partial charge in [0.1, 0.15) is 23.9 Å². The lowest BCUT2D eigenvalue weighted by Crippen LogP contribution is -2.49. The molecular formula is C26H31F2N7O2. The zero-order chi connectivity index (χ0) is 26.9. The minimum atomic E-state index is -0.816. The predicted molar refractivity (Wildman–Crippen MR) is 137 cm³/mol. The molecule has 0 spiro atoms. The van der Waals surface area contributed by atoms with Crippen LogP contribution in [0.2, 0.25) is 0 Å². The van der Waals surface area contributed by atoms with Crippen LogP contribution < -0.4 is 11.2 Å². The molecule has 0 bridgehead atoms. The number of alkyl carbamates (subject to hydrolysis) is 1. The van der Waals surface area contributed by atoms with E-state index in [1.807, 2.05) is 26.0 Å².